The molecule has 0 unspecified atom stereocenters. The van der Waals surface area contributed by atoms with Gasteiger partial charge >= 0.3 is 0 Å². The zero-order chi connectivity index (χ0) is 22.6. The van der Waals surface area contributed by atoms with Crippen LogP contribution in [-0.4, -0.2) is 70.0 Å². The molecule has 3 aromatic rings. The predicted molar refractivity (Wildman–Crippen MR) is 132 cm³/mol. The molecule has 0 radical (unpaired) electrons. The van der Waals surface area contributed by atoms with E-state index in [1.165, 1.54) is 45.2 Å². The van der Waals surface area contributed by atoms with E-state index in [4.69, 9.17) is 0 Å². The van der Waals surface area contributed by atoms with E-state index in [0.717, 1.165) is 43.1 Å². The minimum atomic E-state index is -0.135. The number of aromatic nitrogens is 2. The van der Waals surface area contributed by atoms with Gasteiger partial charge in [-0.25, -0.2) is 0 Å². The summed E-state index contributed by atoms with van der Waals surface area (Å²) in [5, 5.41) is 3.02. The number of para-hydroxylation sites is 2. The molecule has 7 nitrogen and oxygen atoms in total. The number of carbonyl (C=O) groups excluding carboxylic acids is 1. The molecule has 1 saturated heterocycles. The summed E-state index contributed by atoms with van der Waals surface area (Å²) in [5.74, 6) is -0.111. The number of nitrogens with zero attached hydrogens (tertiary/aromatic N) is 4. The molecule has 5 rings (SSSR count). The van der Waals surface area contributed by atoms with E-state index in [1.54, 1.807) is 10.6 Å². The van der Waals surface area contributed by atoms with Crippen molar-refractivity contribution in [3.63, 3.8) is 0 Å². The van der Waals surface area contributed by atoms with E-state index in [0.29, 0.717) is 12.1 Å². The molecule has 1 aliphatic heterocycles. The van der Waals surface area contributed by atoms with Crippen LogP contribution in [0.3, 0.4) is 0 Å². The number of hydrogen-bond acceptors (Lipinski definition) is 4. The molecule has 0 spiro atoms. The average Bonchev–Trinajstić information content (AvgIpc) is 3.36. The van der Waals surface area contributed by atoms with Gasteiger partial charge in [0.1, 0.15) is 12.1 Å². The second-order valence-corrected chi connectivity index (χ2v) is 9.52. The van der Waals surface area contributed by atoms with Gasteiger partial charge in [-0.2, -0.15) is 0 Å². The standard InChI is InChI=1S/C26H35N5O2/c32-25(20-31-23-11-5-4-10-22(23)30-15-6-12-24(30)26(31)33)27-13-7-14-28-16-18-29(19-17-28)21-8-2-1-3-9-21/h4-6,10-12,15,21H,1-3,7-9,13-14,16-20H2,(H,27,32). The maximum Gasteiger partial charge on any atom is 0.275 e. The Bertz CT molecular complexity index is 1150. The molecule has 2 fully saturated rings. The maximum atomic E-state index is 13.0. The summed E-state index contributed by atoms with van der Waals surface area (Å²) >= 11 is 0. The minimum absolute atomic E-state index is 0.0427. The van der Waals surface area contributed by atoms with Gasteiger partial charge in [-0.05, 0) is 50.1 Å². The molecule has 1 aliphatic carbocycles. The zero-order valence-corrected chi connectivity index (χ0v) is 19.4. The molecule has 0 bridgehead atoms. The second-order valence-electron chi connectivity index (χ2n) is 9.52. The van der Waals surface area contributed by atoms with Crippen LogP contribution >= 0.6 is 0 Å². The summed E-state index contributed by atoms with van der Waals surface area (Å²) in [7, 11) is 0. The van der Waals surface area contributed by atoms with Gasteiger partial charge in [-0.1, -0.05) is 31.4 Å². The van der Waals surface area contributed by atoms with Gasteiger partial charge in [-0.15, -0.1) is 0 Å². The SMILES string of the molecule is O=C(Cn1c(=O)c2cccn2c2ccccc21)NCCCN1CCN(C2CCCCC2)CC1. The molecule has 0 atom stereocenters. The first-order chi connectivity index (χ1) is 16.2. The lowest BCUT2D eigenvalue weighted by molar-refractivity contribution is -0.121. The Morgan fingerprint density at radius 2 is 1.64 bits per heavy atom. The highest BCUT2D eigenvalue weighted by molar-refractivity contribution is 5.82. The molecule has 1 saturated carbocycles. The Morgan fingerprint density at radius 3 is 2.42 bits per heavy atom. The lowest BCUT2D eigenvalue weighted by Gasteiger charge is -2.40. The van der Waals surface area contributed by atoms with Gasteiger partial charge in [-0.3, -0.25) is 19.1 Å². The fourth-order valence-corrected chi connectivity index (χ4v) is 5.59. The summed E-state index contributed by atoms with van der Waals surface area (Å²) in [6, 6.07) is 12.2. The van der Waals surface area contributed by atoms with Gasteiger partial charge in [0.2, 0.25) is 5.91 Å². The van der Waals surface area contributed by atoms with E-state index in [9.17, 15) is 9.59 Å². The topological polar surface area (TPSA) is 62.0 Å². The van der Waals surface area contributed by atoms with Crippen molar-refractivity contribution in [3.05, 3.63) is 52.9 Å². The summed E-state index contributed by atoms with van der Waals surface area (Å²) in [6.45, 7) is 6.30. The number of benzene rings is 1. The van der Waals surface area contributed by atoms with Gasteiger partial charge in [0.15, 0.2) is 0 Å². The molecule has 7 heteroatoms. The second kappa shape index (κ2) is 10.1. The molecular formula is C26H35N5O2. The van der Waals surface area contributed by atoms with Crippen molar-refractivity contribution in [2.24, 2.45) is 0 Å². The van der Waals surface area contributed by atoms with Crippen molar-refractivity contribution in [1.29, 1.82) is 0 Å². The van der Waals surface area contributed by atoms with Crippen LogP contribution in [0.4, 0.5) is 0 Å². The number of rotatable bonds is 7. The van der Waals surface area contributed by atoms with E-state index < -0.39 is 0 Å². The number of fused-ring (bicyclic) bond motifs is 3. The number of nitrogens with one attached hydrogen (secondary N) is 1. The highest BCUT2D eigenvalue weighted by Crippen LogP contribution is 2.23. The van der Waals surface area contributed by atoms with Crippen LogP contribution in [-0.2, 0) is 11.3 Å². The lowest BCUT2D eigenvalue weighted by Crippen LogP contribution is -2.51. The lowest BCUT2D eigenvalue weighted by atomic mass is 9.94. The van der Waals surface area contributed by atoms with Crippen LogP contribution < -0.4 is 10.9 Å². The van der Waals surface area contributed by atoms with E-state index in [2.05, 4.69) is 15.1 Å². The molecule has 1 N–H and O–H groups in total. The Morgan fingerprint density at radius 1 is 0.909 bits per heavy atom. The summed E-state index contributed by atoms with van der Waals surface area (Å²) in [6.07, 6.45) is 9.77. The highest BCUT2D eigenvalue weighted by atomic mass is 16.2. The minimum Gasteiger partial charge on any atom is -0.355 e. The third-order valence-electron chi connectivity index (χ3n) is 7.42. The van der Waals surface area contributed by atoms with Crippen molar-refractivity contribution in [1.82, 2.24) is 24.1 Å². The maximum absolute atomic E-state index is 13.0. The van der Waals surface area contributed by atoms with E-state index >= 15 is 0 Å². The Kier molecular flexibility index (Phi) is 6.78. The van der Waals surface area contributed by atoms with Gasteiger partial charge in [0.25, 0.3) is 5.56 Å². The number of amides is 1. The summed E-state index contributed by atoms with van der Waals surface area (Å²) in [5.41, 5.74) is 2.16. The van der Waals surface area contributed by atoms with Crippen LogP contribution in [0.15, 0.2) is 47.4 Å². The molecule has 3 heterocycles. The molecule has 2 aliphatic rings. The average molecular weight is 450 g/mol. The third kappa shape index (κ3) is 4.84. The fraction of sp³-hybridized carbons (Fsp3) is 0.538. The Balaban J connectivity index is 1.10. The first kappa shape index (κ1) is 22.2. The van der Waals surface area contributed by atoms with Crippen molar-refractivity contribution in [2.75, 3.05) is 39.3 Å². The highest BCUT2D eigenvalue weighted by Gasteiger charge is 2.24. The molecular weight excluding hydrogens is 414 g/mol. The number of carbonyl (C=O) groups is 1. The molecule has 176 valence electrons. The Hall–Kier alpha value is -2.64. The van der Waals surface area contributed by atoms with E-state index in [-0.39, 0.29) is 18.0 Å². The normalized spacial score (nSPS) is 18.8. The quantitative estimate of drug-likeness (QED) is 0.564. The number of hydrogen-bond donors (Lipinski definition) is 1. The van der Waals surface area contributed by atoms with E-state index in [1.807, 2.05) is 40.9 Å². The van der Waals surface area contributed by atoms with Gasteiger partial charge < -0.3 is 14.6 Å². The first-order valence-electron chi connectivity index (χ1n) is 12.5. The first-order valence-corrected chi connectivity index (χ1v) is 12.5. The largest absolute Gasteiger partial charge is 0.355 e. The molecule has 1 aromatic carbocycles. The zero-order valence-electron chi connectivity index (χ0n) is 19.4. The predicted octanol–water partition coefficient (Wildman–Crippen LogP) is 2.71. The van der Waals surface area contributed by atoms with Gasteiger partial charge in [0.05, 0.1) is 11.0 Å². The van der Waals surface area contributed by atoms with Crippen LogP contribution in [0.25, 0.3) is 16.6 Å². The Labute approximate surface area is 195 Å². The van der Waals surface area contributed by atoms with Gasteiger partial charge in [0, 0.05) is 45.0 Å². The molecule has 2 aromatic heterocycles. The van der Waals surface area contributed by atoms with Crippen LogP contribution in [0, 0.1) is 0 Å². The number of piperazine rings is 1. The molecule has 1 amide bonds. The molecule has 33 heavy (non-hydrogen) atoms. The smallest absolute Gasteiger partial charge is 0.275 e. The monoisotopic (exact) mass is 449 g/mol. The summed E-state index contributed by atoms with van der Waals surface area (Å²) in [4.78, 5) is 30.8. The van der Waals surface area contributed by atoms with Crippen LogP contribution in [0.1, 0.15) is 38.5 Å². The summed E-state index contributed by atoms with van der Waals surface area (Å²) < 4.78 is 3.48. The van der Waals surface area contributed by atoms with Crippen molar-refractivity contribution in [3.8, 4) is 0 Å². The van der Waals surface area contributed by atoms with Crippen molar-refractivity contribution in [2.45, 2.75) is 51.1 Å². The van der Waals surface area contributed by atoms with Crippen molar-refractivity contribution >= 4 is 22.5 Å². The van der Waals surface area contributed by atoms with Crippen LogP contribution in [0.5, 0.6) is 0 Å². The fourth-order valence-electron chi connectivity index (χ4n) is 5.59. The van der Waals surface area contributed by atoms with Crippen LogP contribution in [0.2, 0.25) is 0 Å². The van der Waals surface area contributed by atoms with Crippen molar-refractivity contribution < 1.29 is 4.79 Å². The third-order valence-corrected chi connectivity index (χ3v) is 7.42.